The number of amides is 1. The number of anilines is 1. The van der Waals surface area contributed by atoms with E-state index in [0.29, 0.717) is 18.1 Å². The molecule has 2 rings (SSSR count). The first-order valence-corrected chi connectivity index (χ1v) is 4.95. The van der Waals surface area contributed by atoms with Crippen LogP contribution in [0.25, 0.3) is 0 Å². The maximum atomic E-state index is 11.6. The fourth-order valence-corrected chi connectivity index (χ4v) is 1.57. The molecular formula is C9H14N4O2. The van der Waals surface area contributed by atoms with Gasteiger partial charge in [-0.15, -0.1) is 0 Å². The highest BCUT2D eigenvalue weighted by atomic mass is 16.5. The van der Waals surface area contributed by atoms with Crippen molar-refractivity contribution in [2.24, 2.45) is 0 Å². The summed E-state index contributed by atoms with van der Waals surface area (Å²) >= 11 is 0. The van der Waals surface area contributed by atoms with Crippen LogP contribution in [-0.2, 0) is 4.74 Å². The molecule has 6 nitrogen and oxygen atoms in total. The normalized spacial score (nSPS) is 21.2. The number of hydrogen-bond acceptors (Lipinski definition) is 4. The topological polar surface area (TPSA) is 93.0 Å². The second-order valence-electron chi connectivity index (χ2n) is 3.59. The molecule has 0 aliphatic carbocycles. The van der Waals surface area contributed by atoms with E-state index in [9.17, 15) is 4.79 Å². The lowest BCUT2D eigenvalue weighted by molar-refractivity contribution is 0.0622. The smallest absolute Gasteiger partial charge is 0.269 e. The van der Waals surface area contributed by atoms with Gasteiger partial charge in [-0.2, -0.15) is 5.10 Å². The highest BCUT2D eigenvalue weighted by Crippen LogP contribution is 2.07. The number of ether oxygens (including phenoxy) is 1. The Balaban J connectivity index is 1.91. The molecule has 1 amide bonds. The Morgan fingerprint density at radius 2 is 2.60 bits per heavy atom. The van der Waals surface area contributed by atoms with Gasteiger partial charge in [-0.05, 0) is 12.8 Å². The van der Waals surface area contributed by atoms with Gasteiger partial charge in [0.1, 0.15) is 11.5 Å². The predicted octanol–water partition coefficient (Wildman–Crippen LogP) is -0.0993. The van der Waals surface area contributed by atoms with Gasteiger partial charge in [-0.3, -0.25) is 9.89 Å². The lowest BCUT2D eigenvalue weighted by Crippen LogP contribution is -2.40. The van der Waals surface area contributed by atoms with E-state index in [1.165, 1.54) is 6.07 Å². The van der Waals surface area contributed by atoms with Crippen LogP contribution in [0.3, 0.4) is 0 Å². The third kappa shape index (κ3) is 2.47. The fraction of sp³-hybridized carbons (Fsp3) is 0.556. The largest absolute Gasteiger partial charge is 0.382 e. The molecule has 0 saturated carbocycles. The standard InChI is InChI=1S/C9H14N4O2/c10-8-4-7(12-13-8)9(14)11-6-2-1-3-15-5-6/h4,6H,1-3,5H2,(H,11,14)(H3,10,12,13). The van der Waals surface area contributed by atoms with Gasteiger partial charge in [0.25, 0.3) is 5.91 Å². The Hall–Kier alpha value is -1.56. The van der Waals surface area contributed by atoms with E-state index in [1.807, 2.05) is 0 Å². The van der Waals surface area contributed by atoms with Crippen molar-refractivity contribution in [2.45, 2.75) is 18.9 Å². The van der Waals surface area contributed by atoms with Gasteiger partial charge in [0, 0.05) is 12.7 Å². The van der Waals surface area contributed by atoms with Crippen molar-refractivity contribution >= 4 is 11.7 Å². The molecule has 1 aromatic rings. The van der Waals surface area contributed by atoms with E-state index >= 15 is 0 Å². The molecule has 0 bridgehead atoms. The Labute approximate surface area is 87.2 Å². The van der Waals surface area contributed by atoms with Gasteiger partial charge in [-0.1, -0.05) is 0 Å². The minimum absolute atomic E-state index is 0.0933. The van der Waals surface area contributed by atoms with Gasteiger partial charge >= 0.3 is 0 Å². The summed E-state index contributed by atoms with van der Waals surface area (Å²) in [6, 6.07) is 1.61. The fourth-order valence-electron chi connectivity index (χ4n) is 1.57. The van der Waals surface area contributed by atoms with Crippen LogP contribution in [0.5, 0.6) is 0 Å². The molecule has 6 heteroatoms. The molecule has 1 aliphatic heterocycles. The number of rotatable bonds is 2. The molecule has 1 fully saturated rings. The summed E-state index contributed by atoms with van der Waals surface area (Å²) in [5, 5.41) is 9.12. The third-order valence-electron chi connectivity index (χ3n) is 2.34. The zero-order valence-electron chi connectivity index (χ0n) is 8.32. The van der Waals surface area contributed by atoms with Gasteiger partial charge in [-0.25, -0.2) is 0 Å². The third-order valence-corrected chi connectivity index (χ3v) is 2.34. The van der Waals surface area contributed by atoms with Crippen molar-refractivity contribution < 1.29 is 9.53 Å². The first kappa shape index (κ1) is 9.97. The molecule has 0 aromatic carbocycles. The summed E-state index contributed by atoms with van der Waals surface area (Å²) in [4.78, 5) is 11.6. The number of carbonyl (C=O) groups is 1. The van der Waals surface area contributed by atoms with Crippen LogP contribution in [0, 0.1) is 0 Å². The van der Waals surface area contributed by atoms with Crippen molar-refractivity contribution in [3.63, 3.8) is 0 Å². The van der Waals surface area contributed by atoms with Crippen LogP contribution in [-0.4, -0.2) is 35.4 Å². The molecule has 0 spiro atoms. The number of nitrogens with zero attached hydrogens (tertiary/aromatic N) is 1. The van der Waals surface area contributed by atoms with E-state index < -0.39 is 0 Å². The second-order valence-corrected chi connectivity index (χ2v) is 3.59. The Morgan fingerprint density at radius 3 is 3.20 bits per heavy atom. The molecule has 4 N–H and O–H groups in total. The Bertz CT molecular complexity index is 344. The molecule has 1 saturated heterocycles. The lowest BCUT2D eigenvalue weighted by Gasteiger charge is -2.22. The monoisotopic (exact) mass is 210 g/mol. The quantitative estimate of drug-likeness (QED) is 0.635. The number of aromatic amines is 1. The summed E-state index contributed by atoms with van der Waals surface area (Å²) < 4.78 is 5.26. The molecule has 15 heavy (non-hydrogen) atoms. The molecule has 1 aromatic heterocycles. The molecule has 1 unspecified atom stereocenters. The van der Waals surface area contributed by atoms with Gasteiger partial charge < -0.3 is 15.8 Å². The summed E-state index contributed by atoms with van der Waals surface area (Å²) in [6.45, 7) is 1.36. The van der Waals surface area contributed by atoms with Crippen LogP contribution >= 0.6 is 0 Å². The van der Waals surface area contributed by atoms with Crippen molar-refractivity contribution in [2.75, 3.05) is 18.9 Å². The highest BCUT2D eigenvalue weighted by Gasteiger charge is 2.17. The minimum Gasteiger partial charge on any atom is -0.382 e. The molecule has 0 radical (unpaired) electrons. The SMILES string of the molecule is Nc1cc(C(=O)NC2CCCOC2)[nH]n1. The van der Waals surface area contributed by atoms with E-state index in [4.69, 9.17) is 10.5 Å². The van der Waals surface area contributed by atoms with E-state index in [1.54, 1.807) is 0 Å². The zero-order chi connectivity index (χ0) is 10.7. The van der Waals surface area contributed by atoms with E-state index in [-0.39, 0.29) is 11.9 Å². The summed E-state index contributed by atoms with van der Waals surface area (Å²) in [7, 11) is 0. The molecule has 82 valence electrons. The molecule has 1 atom stereocenters. The van der Waals surface area contributed by atoms with Crippen molar-refractivity contribution in [3.05, 3.63) is 11.8 Å². The average molecular weight is 210 g/mol. The predicted molar refractivity (Wildman–Crippen MR) is 54.3 cm³/mol. The highest BCUT2D eigenvalue weighted by molar-refractivity contribution is 5.93. The van der Waals surface area contributed by atoms with E-state index in [2.05, 4.69) is 15.5 Å². The van der Waals surface area contributed by atoms with Crippen LogP contribution in [0.4, 0.5) is 5.82 Å². The second kappa shape index (κ2) is 4.31. The molecule has 1 aliphatic rings. The number of carbonyl (C=O) groups excluding carboxylic acids is 1. The summed E-state index contributed by atoms with van der Waals surface area (Å²) in [5.41, 5.74) is 5.79. The van der Waals surface area contributed by atoms with Gasteiger partial charge in [0.05, 0.1) is 12.6 Å². The number of aromatic nitrogens is 2. The summed E-state index contributed by atoms with van der Waals surface area (Å²) in [6.07, 6.45) is 1.94. The number of H-pyrrole nitrogens is 1. The van der Waals surface area contributed by atoms with Gasteiger partial charge in [0.2, 0.25) is 0 Å². The Morgan fingerprint density at radius 1 is 1.73 bits per heavy atom. The maximum absolute atomic E-state index is 11.6. The molecular weight excluding hydrogens is 196 g/mol. The van der Waals surface area contributed by atoms with Crippen molar-refractivity contribution in [1.82, 2.24) is 15.5 Å². The first-order chi connectivity index (χ1) is 7.25. The zero-order valence-corrected chi connectivity index (χ0v) is 8.32. The van der Waals surface area contributed by atoms with Crippen LogP contribution in [0.2, 0.25) is 0 Å². The lowest BCUT2D eigenvalue weighted by atomic mass is 10.1. The van der Waals surface area contributed by atoms with E-state index in [0.717, 1.165) is 19.4 Å². The first-order valence-electron chi connectivity index (χ1n) is 4.95. The minimum atomic E-state index is -0.185. The number of nitrogen functional groups attached to an aromatic ring is 1. The average Bonchev–Trinajstić information content (AvgIpc) is 2.66. The van der Waals surface area contributed by atoms with Crippen molar-refractivity contribution in [3.8, 4) is 0 Å². The maximum Gasteiger partial charge on any atom is 0.269 e. The van der Waals surface area contributed by atoms with Crippen LogP contribution < -0.4 is 11.1 Å². The van der Waals surface area contributed by atoms with Gasteiger partial charge in [0.15, 0.2) is 0 Å². The Kier molecular flexibility index (Phi) is 2.86. The number of nitrogens with one attached hydrogen (secondary N) is 2. The van der Waals surface area contributed by atoms with Crippen LogP contribution in [0.15, 0.2) is 6.07 Å². The summed E-state index contributed by atoms with van der Waals surface area (Å²) in [5.74, 6) is 0.134. The molecule has 2 heterocycles. The number of hydrogen-bond donors (Lipinski definition) is 3. The van der Waals surface area contributed by atoms with Crippen LogP contribution in [0.1, 0.15) is 23.3 Å². The number of nitrogens with two attached hydrogens (primary N) is 1. The van der Waals surface area contributed by atoms with Crippen molar-refractivity contribution in [1.29, 1.82) is 0 Å².